The highest BCUT2D eigenvalue weighted by molar-refractivity contribution is 6.34. The van der Waals surface area contributed by atoms with E-state index in [1.165, 1.54) is 12.3 Å². The Kier molecular flexibility index (Phi) is 10.7. The number of fused-ring (bicyclic) bond motifs is 1. The molecule has 13 heteroatoms. The maximum atomic E-state index is 15.5. The molecule has 1 aliphatic carbocycles. The lowest BCUT2D eigenvalue weighted by Crippen LogP contribution is -2.41. The number of carboxylic acid groups (broad SMARTS) is 1. The first-order valence-corrected chi connectivity index (χ1v) is 16.7. The van der Waals surface area contributed by atoms with Gasteiger partial charge < -0.3 is 34.0 Å². The van der Waals surface area contributed by atoms with Crippen LogP contribution in [0.25, 0.3) is 11.0 Å². The van der Waals surface area contributed by atoms with Gasteiger partial charge in [0, 0.05) is 45.3 Å². The molecule has 0 bridgehead atoms. The van der Waals surface area contributed by atoms with Crippen molar-refractivity contribution < 1.29 is 42.5 Å². The van der Waals surface area contributed by atoms with Gasteiger partial charge in [0.2, 0.25) is 5.91 Å². The minimum Gasteiger partial charge on any atom is -0.481 e. The molecule has 2 aliphatic heterocycles. The van der Waals surface area contributed by atoms with Crippen molar-refractivity contribution >= 4 is 46.0 Å². The molecular weight excluding hydrogens is 645 g/mol. The molecule has 1 saturated carbocycles. The lowest BCUT2D eigenvalue weighted by Gasteiger charge is -2.30. The Labute approximate surface area is 283 Å². The number of hydrogen-bond acceptors (Lipinski definition) is 8. The van der Waals surface area contributed by atoms with E-state index in [4.69, 9.17) is 30.2 Å². The second kappa shape index (κ2) is 14.9. The molecule has 3 fully saturated rings. The van der Waals surface area contributed by atoms with Gasteiger partial charge in [-0.3, -0.25) is 19.3 Å². The molecule has 48 heavy (non-hydrogen) atoms. The third kappa shape index (κ3) is 7.37. The van der Waals surface area contributed by atoms with Gasteiger partial charge in [0.15, 0.2) is 0 Å². The fourth-order valence-corrected chi connectivity index (χ4v) is 7.53. The summed E-state index contributed by atoms with van der Waals surface area (Å²) in [6.45, 7) is 2.07. The summed E-state index contributed by atoms with van der Waals surface area (Å²) in [7, 11) is 3.33. The quantitative estimate of drug-likeness (QED) is 0.287. The Morgan fingerprint density at radius 1 is 1.04 bits per heavy atom. The average molecular weight is 686 g/mol. The highest BCUT2D eigenvalue weighted by Gasteiger charge is 2.43. The number of ether oxygens (including phenoxy) is 3. The van der Waals surface area contributed by atoms with Gasteiger partial charge in [-0.25, -0.2) is 4.39 Å². The molecule has 2 aromatic carbocycles. The highest BCUT2D eigenvalue weighted by Crippen LogP contribution is 2.32. The van der Waals surface area contributed by atoms with Crippen LogP contribution >= 0.6 is 11.6 Å². The minimum atomic E-state index is -0.771. The average Bonchev–Trinajstić information content (AvgIpc) is 3.83. The first-order valence-electron chi connectivity index (χ1n) is 16.3. The van der Waals surface area contributed by atoms with Gasteiger partial charge in [-0.2, -0.15) is 0 Å². The van der Waals surface area contributed by atoms with Crippen LogP contribution in [0.15, 0.2) is 47.1 Å². The molecule has 2 amide bonds. The molecule has 3 aromatic rings. The van der Waals surface area contributed by atoms with Gasteiger partial charge in [-0.1, -0.05) is 29.8 Å². The number of carbonyl (C=O) groups is 3. The molecule has 3 aliphatic rings. The number of anilines is 1. The van der Waals surface area contributed by atoms with Gasteiger partial charge in [-0.15, -0.1) is 0 Å². The SMILES string of the molecule is CO[C@H]1CN([C@H]2C[C@@H](CO[C@H]3CC[C@H](C(=O)O)CC3)N(C(=O)Cc3cc(Cl)c(NC(=O)c4coc5ccccc45)cc3F)C2)C[C@@H]1OC. The zero-order valence-electron chi connectivity index (χ0n) is 27.0. The van der Waals surface area contributed by atoms with Gasteiger partial charge in [0.25, 0.3) is 5.91 Å². The van der Waals surface area contributed by atoms with Crippen LogP contribution < -0.4 is 5.32 Å². The lowest BCUT2D eigenvalue weighted by atomic mass is 9.87. The zero-order valence-corrected chi connectivity index (χ0v) is 27.8. The molecule has 258 valence electrons. The second-order valence-electron chi connectivity index (χ2n) is 12.9. The monoisotopic (exact) mass is 685 g/mol. The van der Waals surface area contributed by atoms with Crippen molar-refractivity contribution in [1.82, 2.24) is 9.80 Å². The number of nitrogens with zero attached hydrogens (tertiary/aromatic N) is 2. The summed E-state index contributed by atoms with van der Waals surface area (Å²) >= 11 is 6.51. The molecule has 11 nitrogen and oxygen atoms in total. The number of methoxy groups -OCH3 is 2. The van der Waals surface area contributed by atoms with Crippen LogP contribution in [0.1, 0.15) is 48.0 Å². The highest BCUT2D eigenvalue weighted by atomic mass is 35.5. The number of carbonyl (C=O) groups excluding carboxylic acids is 2. The van der Waals surface area contributed by atoms with Crippen molar-refractivity contribution in [2.24, 2.45) is 5.92 Å². The van der Waals surface area contributed by atoms with Gasteiger partial charge in [0.1, 0.15) is 17.7 Å². The van der Waals surface area contributed by atoms with Crippen molar-refractivity contribution in [2.75, 3.05) is 45.8 Å². The van der Waals surface area contributed by atoms with E-state index < -0.39 is 17.7 Å². The molecule has 3 heterocycles. The predicted molar refractivity (Wildman–Crippen MR) is 176 cm³/mol. The molecule has 2 N–H and O–H groups in total. The van der Waals surface area contributed by atoms with Crippen LogP contribution in [0.2, 0.25) is 5.02 Å². The number of hydrogen-bond donors (Lipinski definition) is 2. The zero-order chi connectivity index (χ0) is 33.9. The molecule has 2 saturated heterocycles. The predicted octanol–water partition coefficient (Wildman–Crippen LogP) is 5.00. The number of aliphatic carboxylic acids is 1. The largest absolute Gasteiger partial charge is 0.481 e. The Bertz CT molecular complexity index is 1630. The standard InChI is InChI=1S/C35H41ClFN3O8/c1-45-31-16-39(17-32(31)46-2)22-13-23(18-47-24-9-7-20(8-10-24)35(43)44)40(15-22)33(41)12-21-11-27(36)29(14-28(21)37)38-34(42)26-19-48-30-6-4-3-5-25(26)30/h3-6,11,14,19-20,22-24,31-32H,7-10,12-13,15-18H2,1-2H3,(H,38,42)(H,43,44)/t20-,22-,23-,24-,31-,32-/m0/s1. The van der Waals surface area contributed by atoms with E-state index in [1.54, 1.807) is 43.4 Å². The van der Waals surface area contributed by atoms with Gasteiger partial charge in [-0.05, 0) is 55.9 Å². The van der Waals surface area contributed by atoms with Crippen LogP contribution in [0, 0.1) is 11.7 Å². The van der Waals surface area contributed by atoms with E-state index in [1.807, 2.05) is 0 Å². The molecule has 0 unspecified atom stereocenters. The molecule has 4 atom stereocenters. The van der Waals surface area contributed by atoms with E-state index in [0.717, 1.165) is 6.07 Å². The normalized spacial score (nSPS) is 26.3. The molecular formula is C35H41ClFN3O8. The van der Waals surface area contributed by atoms with Gasteiger partial charge in [0.05, 0.1) is 59.6 Å². The van der Waals surface area contributed by atoms with Crippen LogP contribution in [0.4, 0.5) is 10.1 Å². The van der Waals surface area contributed by atoms with Crippen molar-refractivity contribution in [2.45, 2.75) is 68.9 Å². The summed E-state index contributed by atoms with van der Waals surface area (Å²) in [5, 5.41) is 12.7. The summed E-state index contributed by atoms with van der Waals surface area (Å²) < 4.78 is 38.5. The smallest absolute Gasteiger partial charge is 0.306 e. The number of para-hydroxylation sites is 1. The van der Waals surface area contributed by atoms with Crippen molar-refractivity contribution in [1.29, 1.82) is 0 Å². The van der Waals surface area contributed by atoms with E-state index >= 15 is 4.39 Å². The Balaban J connectivity index is 1.14. The Hall–Kier alpha value is -3.55. The number of amides is 2. The third-order valence-electron chi connectivity index (χ3n) is 10.1. The van der Waals surface area contributed by atoms with Crippen molar-refractivity contribution in [3.8, 4) is 0 Å². The number of furan rings is 1. The topological polar surface area (TPSA) is 131 Å². The molecule has 6 rings (SSSR count). The fourth-order valence-electron chi connectivity index (χ4n) is 7.29. The second-order valence-corrected chi connectivity index (χ2v) is 13.3. The summed E-state index contributed by atoms with van der Waals surface area (Å²) in [5.41, 5.74) is 1.04. The first-order chi connectivity index (χ1) is 23.1. The van der Waals surface area contributed by atoms with Crippen molar-refractivity contribution in [3.05, 3.63) is 64.6 Å². The van der Waals surface area contributed by atoms with Crippen LogP contribution in [-0.4, -0.2) is 104 Å². The molecule has 1 aromatic heterocycles. The molecule has 0 radical (unpaired) electrons. The van der Waals surface area contributed by atoms with Gasteiger partial charge >= 0.3 is 5.97 Å². The Morgan fingerprint density at radius 3 is 2.44 bits per heavy atom. The molecule has 0 spiro atoms. The van der Waals surface area contributed by atoms with E-state index in [0.29, 0.717) is 74.9 Å². The van der Waals surface area contributed by atoms with Crippen LogP contribution in [0.5, 0.6) is 0 Å². The maximum absolute atomic E-state index is 15.5. The number of nitrogens with one attached hydrogen (secondary N) is 1. The van der Waals surface area contributed by atoms with Crippen molar-refractivity contribution in [3.63, 3.8) is 0 Å². The third-order valence-corrected chi connectivity index (χ3v) is 10.4. The van der Waals surface area contributed by atoms with E-state index in [2.05, 4.69) is 10.2 Å². The maximum Gasteiger partial charge on any atom is 0.306 e. The van der Waals surface area contributed by atoms with Crippen LogP contribution in [-0.2, 0) is 30.2 Å². The number of carboxylic acids is 1. The summed E-state index contributed by atoms with van der Waals surface area (Å²) in [5.74, 6) is -2.54. The van der Waals surface area contributed by atoms with E-state index in [9.17, 15) is 19.5 Å². The number of benzene rings is 2. The summed E-state index contributed by atoms with van der Waals surface area (Å²) in [4.78, 5) is 42.3. The number of rotatable bonds is 11. The number of halogens is 2. The van der Waals surface area contributed by atoms with E-state index in [-0.39, 0.29) is 64.9 Å². The van der Waals surface area contributed by atoms with Crippen LogP contribution in [0.3, 0.4) is 0 Å². The number of likely N-dealkylation sites (tertiary alicyclic amines) is 2. The summed E-state index contributed by atoms with van der Waals surface area (Å²) in [6, 6.07) is 9.38. The summed E-state index contributed by atoms with van der Waals surface area (Å²) in [6.07, 6.45) is 3.99. The first kappa shape index (κ1) is 34.3. The lowest BCUT2D eigenvalue weighted by molar-refractivity contribution is -0.144. The minimum absolute atomic E-state index is 0.0353. The fraction of sp³-hybridized carbons (Fsp3) is 0.514. The Morgan fingerprint density at radius 2 is 1.75 bits per heavy atom.